The Balaban J connectivity index is 0.698. The summed E-state index contributed by atoms with van der Waals surface area (Å²) in [5.41, 5.74) is 16.4. The molecule has 0 aromatic heterocycles. The van der Waals surface area contributed by atoms with Gasteiger partial charge in [0.2, 0.25) is 9.84 Å². The molecule has 0 aliphatic carbocycles. The predicted octanol–water partition coefficient (Wildman–Crippen LogP) is 19.7. The Morgan fingerprint density at radius 3 is 0.852 bits per heavy atom. The van der Waals surface area contributed by atoms with E-state index in [1.165, 1.54) is 0 Å². The van der Waals surface area contributed by atoms with Crippen molar-refractivity contribution in [2.45, 2.75) is 9.79 Å². The molecule has 2 unspecified atom stereocenters. The average molecular weight is 1070 g/mol. The maximum absolute atomic E-state index is 15.5. The first kappa shape index (κ1) is 49.3. The average Bonchev–Trinajstić information content (AvgIpc) is 4.20. The number of hydrogen-bond acceptors (Lipinski definition) is 6. The largest absolute Gasteiger partial charge is 0.616 e. The van der Waals surface area contributed by atoms with Crippen LogP contribution in [0.1, 0.15) is 0 Å². The molecule has 2 heterocycles. The van der Waals surface area contributed by atoms with Crippen LogP contribution < -0.4 is 19.1 Å². The number of para-hydroxylation sites is 6. The molecule has 81 heavy (non-hydrogen) atoms. The molecule has 12 aromatic carbocycles. The molecule has 9 heteroatoms. The van der Waals surface area contributed by atoms with Crippen LogP contribution in [0.5, 0.6) is 0 Å². The van der Waals surface area contributed by atoms with Crippen LogP contribution in [0.4, 0.5) is 68.2 Å². The van der Waals surface area contributed by atoms with E-state index in [2.05, 4.69) is 70.5 Å². The number of anilines is 6. The zero-order chi connectivity index (χ0) is 54.7. The quantitative estimate of drug-likeness (QED) is 0.0895. The Morgan fingerprint density at radius 1 is 0.259 bits per heavy atom. The van der Waals surface area contributed by atoms with Crippen molar-refractivity contribution in [2.75, 3.05) is 9.80 Å². The molecule has 8 nitrogen and oxygen atoms in total. The minimum absolute atomic E-state index is 0.169. The standard InChI is InChI=1S/C72H50N4O4S/c77-75(69-27-15-13-25-65(69)67-49-59(37-47-71(67)75)73(55-17-5-1-6-18-55)56-19-7-2-8-20-56)61-39-29-51(30-40-61)53-33-43-63(44-34-53)81(79,80)64-45-35-54(36-46-64)52-31-41-62(42-32-52)76(78)70-28-16-14-26-66(70)68-50-60(38-48-72(68)76)74(57-21-9-3-10-22-57)58-23-11-4-12-24-58/h1-50H. The Kier molecular flexibility index (Phi) is 12.0. The number of hydrogen-bond donors (Lipinski definition) is 0. The van der Waals surface area contributed by atoms with Gasteiger partial charge < -0.3 is 20.2 Å². The molecule has 0 radical (unpaired) electrons. The number of sulfone groups is 1. The lowest BCUT2D eigenvalue weighted by Crippen LogP contribution is -2.29. The summed E-state index contributed by atoms with van der Waals surface area (Å²) in [4.78, 5) is 4.74. The van der Waals surface area contributed by atoms with E-state index in [1.54, 1.807) is 48.5 Å². The van der Waals surface area contributed by atoms with Crippen LogP contribution >= 0.6 is 0 Å². The van der Waals surface area contributed by atoms with Crippen LogP contribution in [0.3, 0.4) is 0 Å². The lowest BCUT2D eigenvalue weighted by Gasteiger charge is -2.38. The Bertz CT molecular complexity index is 4060. The summed E-state index contributed by atoms with van der Waals surface area (Å²) in [6, 6.07) is 97.6. The molecule has 2 atom stereocenters. The molecule has 2 aliphatic rings. The van der Waals surface area contributed by atoms with Gasteiger partial charge in [-0.15, -0.1) is 0 Å². The monoisotopic (exact) mass is 1070 g/mol. The highest BCUT2D eigenvalue weighted by Crippen LogP contribution is 2.60. The summed E-state index contributed by atoms with van der Waals surface area (Å²) in [6.45, 7) is 0. The molecule has 0 bridgehead atoms. The van der Waals surface area contributed by atoms with Gasteiger partial charge in [-0.05, 0) is 156 Å². The summed E-state index contributed by atoms with van der Waals surface area (Å²) in [6.07, 6.45) is 0. The fourth-order valence-corrected chi connectivity index (χ4v) is 13.1. The van der Waals surface area contributed by atoms with Gasteiger partial charge in [0.25, 0.3) is 0 Å². The fourth-order valence-electron chi connectivity index (χ4n) is 11.8. The maximum atomic E-state index is 15.5. The van der Waals surface area contributed by atoms with Crippen molar-refractivity contribution in [1.82, 2.24) is 9.29 Å². The Hall–Kier alpha value is -9.97. The lowest BCUT2D eigenvalue weighted by atomic mass is 10.0. The summed E-state index contributed by atoms with van der Waals surface area (Å²) in [5, 5.41) is 31.0. The van der Waals surface area contributed by atoms with E-state index in [9.17, 15) is 8.42 Å². The van der Waals surface area contributed by atoms with Gasteiger partial charge in [-0.2, -0.15) is 0 Å². The number of rotatable bonds is 12. The van der Waals surface area contributed by atoms with Gasteiger partial charge in [-0.1, -0.05) is 121 Å². The van der Waals surface area contributed by atoms with Gasteiger partial charge in [0, 0.05) is 93.8 Å². The van der Waals surface area contributed by atoms with E-state index < -0.39 is 19.1 Å². The minimum atomic E-state index is -3.88. The normalized spacial score (nSPS) is 15.7. The van der Waals surface area contributed by atoms with E-state index in [1.807, 2.05) is 194 Å². The van der Waals surface area contributed by atoms with Crippen molar-refractivity contribution in [3.8, 4) is 44.5 Å². The zero-order valence-corrected chi connectivity index (χ0v) is 44.5. The summed E-state index contributed by atoms with van der Waals surface area (Å²) in [5.74, 6) is 0. The lowest BCUT2D eigenvalue weighted by molar-refractivity contribution is 0.596. The second-order valence-corrected chi connectivity index (χ2v) is 22.3. The summed E-state index contributed by atoms with van der Waals surface area (Å²) >= 11 is 0. The molecule has 2 aliphatic heterocycles. The van der Waals surface area contributed by atoms with Crippen molar-refractivity contribution in [3.63, 3.8) is 0 Å². The first-order valence-corrected chi connectivity index (χ1v) is 28.3. The number of fused-ring (bicyclic) bond motifs is 6. The highest BCUT2D eigenvalue weighted by Gasteiger charge is 2.41. The summed E-state index contributed by atoms with van der Waals surface area (Å²) < 4.78 is 26.7. The van der Waals surface area contributed by atoms with Gasteiger partial charge in [0.05, 0.1) is 20.9 Å². The van der Waals surface area contributed by atoms with Crippen LogP contribution in [-0.4, -0.2) is 8.42 Å². The molecular weight excluding hydrogens is 1020 g/mol. The SMILES string of the molecule is O=S(=O)(c1ccc(-c2ccc([N+]3([O-])c4ccccc4-c4cc(N(c5ccccc5)c5ccccc5)ccc43)cc2)cc1)c1ccc(-c2ccc([N+]3([O-])c4ccccc4-c4cc(N(c5ccccc5)c5ccccc5)ccc43)cc2)cc1. The van der Waals surface area contributed by atoms with Crippen molar-refractivity contribution in [1.29, 1.82) is 0 Å². The highest BCUT2D eigenvalue weighted by atomic mass is 32.2. The molecule has 388 valence electrons. The third kappa shape index (κ3) is 8.26. The molecule has 0 fully saturated rings. The third-order valence-electron chi connectivity index (χ3n) is 15.7. The topological polar surface area (TPSA) is 86.7 Å². The smallest absolute Gasteiger partial charge is 0.206 e. The van der Waals surface area contributed by atoms with Gasteiger partial charge in [0.15, 0.2) is 22.7 Å². The van der Waals surface area contributed by atoms with Crippen LogP contribution in [-0.2, 0) is 9.84 Å². The molecule has 0 N–H and O–H groups in total. The van der Waals surface area contributed by atoms with E-state index in [-0.39, 0.29) is 9.79 Å². The molecule has 0 saturated carbocycles. The van der Waals surface area contributed by atoms with Gasteiger partial charge >= 0.3 is 0 Å². The number of benzene rings is 12. The van der Waals surface area contributed by atoms with Crippen LogP contribution in [0.15, 0.2) is 313 Å². The van der Waals surface area contributed by atoms with Crippen LogP contribution in [0, 0.1) is 10.4 Å². The predicted molar refractivity (Wildman–Crippen MR) is 331 cm³/mol. The molecule has 14 rings (SSSR count). The Labute approximate surface area is 471 Å². The van der Waals surface area contributed by atoms with Gasteiger partial charge in [0.1, 0.15) is 11.4 Å². The van der Waals surface area contributed by atoms with E-state index >= 15 is 10.4 Å². The molecular formula is C72H50N4O4S. The molecule has 12 aromatic rings. The van der Waals surface area contributed by atoms with Crippen LogP contribution in [0.25, 0.3) is 44.5 Å². The second kappa shape index (κ2) is 19.7. The first-order valence-electron chi connectivity index (χ1n) is 26.8. The molecule has 0 spiro atoms. The fraction of sp³-hybridized carbons (Fsp3) is 0. The van der Waals surface area contributed by atoms with Gasteiger partial charge in [-0.3, -0.25) is 9.29 Å². The summed E-state index contributed by atoms with van der Waals surface area (Å²) in [7, 11) is -3.88. The van der Waals surface area contributed by atoms with Crippen molar-refractivity contribution < 1.29 is 8.42 Å². The van der Waals surface area contributed by atoms with Crippen molar-refractivity contribution in [2.24, 2.45) is 0 Å². The number of quaternary nitrogens is 2. The maximum Gasteiger partial charge on any atom is 0.206 e. The van der Waals surface area contributed by atoms with E-state index in [4.69, 9.17) is 0 Å². The highest BCUT2D eigenvalue weighted by molar-refractivity contribution is 7.91. The zero-order valence-electron chi connectivity index (χ0n) is 43.7. The second-order valence-electron chi connectivity index (χ2n) is 20.3. The minimum Gasteiger partial charge on any atom is -0.616 e. The Morgan fingerprint density at radius 2 is 0.531 bits per heavy atom. The van der Waals surface area contributed by atoms with Gasteiger partial charge in [-0.25, -0.2) is 8.42 Å². The molecule has 0 amide bonds. The van der Waals surface area contributed by atoms with Crippen molar-refractivity contribution in [3.05, 3.63) is 314 Å². The number of nitrogens with zero attached hydrogens (tertiary/aromatic N) is 4. The third-order valence-corrected chi connectivity index (χ3v) is 17.5. The van der Waals surface area contributed by atoms with E-state index in [0.717, 1.165) is 78.6 Å². The van der Waals surface area contributed by atoms with Crippen molar-refractivity contribution >= 4 is 78.1 Å². The van der Waals surface area contributed by atoms with Crippen LogP contribution in [0.2, 0.25) is 0 Å². The molecule has 0 saturated heterocycles. The first-order chi connectivity index (χ1) is 39.7. The van der Waals surface area contributed by atoms with E-state index in [0.29, 0.717) is 34.1 Å².